The van der Waals surface area contributed by atoms with Gasteiger partial charge >= 0.3 is 0 Å². The quantitative estimate of drug-likeness (QED) is 0.321. The number of unbranched alkanes of at least 4 members (excludes halogenated alkanes) is 1. The van der Waals surface area contributed by atoms with Gasteiger partial charge < -0.3 is 9.30 Å². The molecule has 0 fully saturated rings. The summed E-state index contributed by atoms with van der Waals surface area (Å²) in [4.78, 5) is 0. The van der Waals surface area contributed by atoms with Crippen molar-refractivity contribution < 1.29 is 4.74 Å². The molecule has 0 atom stereocenters. The molecule has 6 heteroatoms. The largest absolute Gasteiger partial charge is 0.494 e. The molecule has 0 saturated heterocycles. The van der Waals surface area contributed by atoms with Gasteiger partial charge in [-0.15, -0.1) is 10.2 Å². The molecule has 0 aliphatic carbocycles. The summed E-state index contributed by atoms with van der Waals surface area (Å²) in [5, 5.41) is 10.5. The molecule has 1 aromatic heterocycles. The molecule has 0 bridgehead atoms. The zero-order valence-electron chi connectivity index (χ0n) is 15.7. The molecule has 1 heterocycles. The standard InChI is InChI=1S/C21H24ClN3OS/c1-3-5-13-26-19-11-9-17(10-12-19)20-23-24-21(25(20)4-2)27-15-16-7-6-8-18(22)14-16/h6-12,14H,3-5,13,15H2,1-2H3. The number of rotatable bonds is 9. The molecule has 0 saturated carbocycles. The molecular weight excluding hydrogens is 378 g/mol. The summed E-state index contributed by atoms with van der Waals surface area (Å²) in [5.41, 5.74) is 2.22. The van der Waals surface area contributed by atoms with E-state index >= 15 is 0 Å². The third-order valence-corrected chi connectivity index (χ3v) is 5.44. The Hall–Kier alpha value is -1.98. The lowest BCUT2D eigenvalue weighted by molar-refractivity contribution is 0.309. The first-order valence-corrected chi connectivity index (χ1v) is 10.6. The third-order valence-electron chi connectivity index (χ3n) is 4.17. The first-order valence-electron chi connectivity index (χ1n) is 9.25. The van der Waals surface area contributed by atoms with E-state index in [-0.39, 0.29) is 0 Å². The highest BCUT2D eigenvalue weighted by Crippen LogP contribution is 2.28. The van der Waals surface area contributed by atoms with Gasteiger partial charge in [0, 0.05) is 22.9 Å². The van der Waals surface area contributed by atoms with Crippen molar-refractivity contribution in [1.29, 1.82) is 0 Å². The summed E-state index contributed by atoms with van der Waals surface area (Å²) in [6.45, 7) is 5.84. The van der Waals surface area contributed by atoms with Crippen LogP contribution in [0.25, 0.3) is 11.4 Å². The number of hydrogen-bond donors (Lipinski definition) is 0. The molecule has 0 radical (unpaired) electrons. The van der Waals surface area contributed by atoms with Crippen LogP contribution in [0.15, 0.2) is 53.7 Å². The van der Waals surface area contributed by atoms with E-state index in [1.54, 1.807) is 11.8 Å². The first kappa shape index (κ1) is 19.8. The molecule has 2 aromatic carbocycles. The molecule has 142 valence electrons. The molecule has 0 aliphatic rings. The van der Waals surface area contributed by atoms with E-state index in [4.69, 9.17) is 16.3 Å². The maximum absolute atomic E-state index is 6.07. The van der Waals surface area contributed by atoms with Crippen molar-refractivity contribution in [2.45, 2.75) is 44.1 Å². The van der Waals surface area contributed by atoms with Gasteiger partial charge in [-0.3, -0.25) is 0 Å². The summed E-state index contributed by atoms with van der Waals surface area (Å²) < 4.78 is 7.88. The van der Waals surface area contributed by atoms with Crippen LogP contribution in [0.4, 0.5) is 0 Å². The highest BCUT2D eigenvalue weighted by atomic mass is 35.5. The third kappa shape index (κ3) is 5.27. The normalized spacial score (nSPS) is 10.9. The average Bonchev–Trinajstić information content (AvgIpc) is 3.10. The molecule has 0 amide bonds. The molecular formula is C21H24ClN3OS. The van der Waals surface area contributed by atoms with Gasteiger partial charge in [0.1, 0.15) is 5.75 Å². The number of benzene rings is 2. The second kappa shape index (κ2) is 9.81. The summed E-state index contributed by atoms with van der Waals surface area (Å²) in [6, 6.07) is 16.0. The Labute approximate surface area is 169 Å². The number of hydrogen-bond acceptors (Lipinski definition) is 4. The van der Waals surface area contributed by atoms with Crippen molar-refractivity contribution in [3.8, 4) is 17.1 Å². The zero-order chi connectivity index (χ0) is 19.1. The molecule has 0 aliphatic heterocycles. The Kier molecular flexibility index (Phi) is 7.18. The SMILES string of the molecule is CCCCOc1ccc(-c2nnc(SCc3cccc(Cl)c3)n2CC)cc1. The van der Waals surface area contributed by atoms with Crippen molar-refractivity contribution in [2.24, 2.45) is 0 Å². The van der Waals surface area contributed by atoms with Crippen LogP contribution in [0.5, 0.6) is 5.75 Å². The fourth-order valence-corrected chi connectivity index (χ4v) is 3.86. The number of nitrogens with zero attached hydrogens (tertiary/aromatic N) is 3. The maximum atomic E-state index is 6.07. The smallest absolute Gasteiger partial charge is 0.191 e. The van der Waals surface area contributed by atoms with Crippen molar-refractivity contribution in [1.82, 2.24) is 14.8 Å². The van der Waals surface area contributed by atoms with Gasteiger partial charge in [0.2, 0.25) is 0 Å². The van der Waals surface area contributed by atoms with Gasteiger partial charge in [0.25, 0.3) is 0 Å². The molecule has 0 N–H and O–H groups in total. The minimum absolute atomic E-state index is 0.755. The van der Waals surface area contributed by atoms with Crippen molar-refractivity contribution in [3.63, 3.8) is 0 Å². The Balaban J connectivity index is 1.71. The van der Waals surface area contributed by atoms with Crippen LogP contribution in [0.1, 0.15) is 32.3 Å². The van der Waals surface area contributed by atoms with E-state index < -0.39 is 0 Å². The van der Waals surface area contributed by atoms with Crippen LogP contribution in [-0.2, 0) is 12.3 Å². The predicted molar refractivity (Wildman–Crippen MR) is 113 cm³/mol. The Morgan fingerprint density at radius 1 is 1.07 bits per heavy atom. The van der Waals surface area contributed by atoms with E-state index in [0.29, 0.717) is 0 Å². The monoisotopic (exact) mass is 401 g/mol. The Morgan fingerprint density at radius 2 is 1.89 bits per heavy atom. The van der Waals surface area contributed by atoms with Gasteiger partial charge in [-0.25, -0.2) is 0 Å². The lowest BCUT2D eigenvalue weighted by Crippen LogP contribution is -2.00. The lowest BCUT2D eigenvalue weighted by Gasteiger charge is -2.09. The van der Waals surface area contributed by atoms with Crippen LogP contribution in [-0.4, -0.2) is 21.4 Å². The fraction of sp³-hybridized carbons (Fsp3) is 0.333. The topological polar surface area (TPSA) is 39.9 Å². The number of ether oxygens (including phenoxy) is 1. The summed E-state index contributed by atoms with van der Waals surface area (Å²) >= 11 is 7.74. The van der Waals surface area contributed by atoms with Crippen LogP contribution < -0.4 is 4.74 Å². The summed E-state index contributed by atoms with van der Waals surface area (Å²) in [5.74, 6) is 2.58. The zero-order valence-corrected chi connectivity index (χ0v) is 17.3. The highest BCUT2D eigenvalue weighted by Gasteiger charge is 2.13. The van der Waals surface area contributed by atoms with Crippen molar-refractivity contribution >= 4 is 23.4 Å². The minimum atomic E-state index is 0.755. The number of thioether (sulfide) groups is 1. The Bertz CT molecular complexity index is 864. The second-order valence-corrected chi connectivity index (χ2v) is 7.57. The molecule has 0 unspecified atom stereocenters. The van der Waals surface area contributed by atoms with E-state index in [1.165, 1.54) is 5.56 Å². The second-order valence-electron chi connectivity index (χ2n) is 6.20. The summed E-state index contributed by atoms with van der Waals surface area (Å²) in [7, 11) is 0. The number of halogens is 1. The first-order chi connectivity index (χ1) is 13.2. The maximum Gasteiger partial charge on any atom is 0.191 e. The van der Waals surface area contributed by atoms with E-state index in [9.17, 15) is 0 Å². The van der Waals surface area contributed by atoms with Crippen LogP contribution in [0.3, 0.4) is 0 Å². The van der Waals surface area contributed by atoms with Crippen LogP contribution in [0.2, 0.25) is 5.02 Å². The van der Waals surface area contributed by atoms with Gasteiger partial charge in [-0.1, -0.05) is 48.8 Å². The highest BCUT2D eigenvalue weighted by molar-refractivity contribution is 7.98. The molecule has 4 nitrogen and oxygen atoms in total. The minimum Gasteiger partial charge on any atom is -0.494 e. The average molecular weight is 402 g/mol. The number of aromatic nitrogens is 3. The van der Waals surface area contributed by atoms with Crippen LogP contribution >= 0.6 is 23.4 Å². The molecule has 3 rings (SSSR count). The van der Waals surface area contributed by atoms with E-state index in [0.717, 1.165) is 59.1 Å². The van der Waals surface area contributed by atoms with Gasteiger partial charge in [0.05, 0.1) is 6.61 Å². The van der Waals surface area contributed by atoms with Gasteiger partial charge in [0.15, 0.2) is 11.0 Å². The van der Waals surface area contributed by atoms with Crippen molar-refractivity contribution in [2.75, 3.05) is 6.61 Å². The molecule has 27 heavy (non-hydrogen) atoms. The Morgan fingerprint density at radius 3 is 2.59 bits per heavy atom. The van der Waals surface area contributed by atoms with Gasteiger partial charge in [-0.05, 0) is 55.3 Å². The summed E-state index contributed by atoms with van der Waals surface area (Å²) in [6.07, 6.45) is 2.20. The predicted octanol–water partition coefficient (Wildman–Crippen LogP) is 6.09. The van der Waals surface area contributed by atoms with E-state index in [1.807, 2.05) is 42.5 Å². The van der Waals surface area contributed by atoms with Crippen LogP contribution in [0, 0.1) is 0 Å². The lowest BCUT2D eigenvalue weighted by atomic mass is 10.2. The van der Waals surface area contributed by atoms with E-state index in [2.05, 4.69) is 34.7 Å². The van der Waals surface area contributed by atoms with Gasteiger partial charge in [-0.2, -0.15) is 0 Å². The van der Waals surface area contributed by atoms with Crippen molar-refractivity contribution in [3.05, 3.63) is 59.1 Å². The molecule has 3 aromatic rings. The molecule has 0 spiro atoms. The fourth-order valence-electron chi connectivity index (χ4n) is 2.70.